The Bertz CT molecular complexity index is 425. The van der Waals surface area contributed by atoms with Gasteiger partial charge in [-0.1, -0.05) is 0 Å². The Morgan fingerprint density at radius 1 is 1.56 bits per heavy atom. The Kier molecular flexibility index (Phi) is 3.65. The molecule has 1 aromatic rings. The van der Waals surface area contributed by atoms with E-state index in [-0.39, 0.29) is 11.5 Å². The van der Waals surface area contributed by atoms with Crippen LogP contribution in [0.2, 0.25) is 0 Å². The molecular formula is C10H16N4O2. The summed E-state index contributed by atoms with van der Waals surface area (Å²) in [6.45, 7) is 4.07. The van der Waals surface area contributed by atoms with Crippen molar-refractivity contribution in [3.8, 4) is 0 Å². The highest BCUT2D eigenvalue weighted by molar-refractivity contribution is 5.82. The summed E-state index contributed by atoms with van der Waals surface area (Å²) in [5.41, 5.74) is -0.222. The number of hydrogen-bond acceptors (Lipinski definition) is 4. The van der Waals surface area contributed by atoms with E-state index in [1.54, 1.807) is 7.05 Å². The molecule has 0 aliphatic carbocycles. The topological polar surface area (TPSA) is 86.9 Å². The fourth-order valence-electron chi connectivity index (χ4n) is 1.21. The molecule has 0 spiro atoms. The van der Waals surface area contributed by atoms with Crippen molar-refractivity contribution in [1.29, 1.82) is 0 Å². The summed E-state index contributed by atoms with van der Waals surface area (Å²) in [5, 5.41) is 11.5. The zero-order chi connectivity index (χ0) is 12.2. The highest BCUT2D eigenvalue weighted by Gasteiger charge is 2.26. The molecule has 0 aliphatic heterocycles. The second kappa shape index (κ2) is 4.78. The molecule has 6 heteroatoms. The van der Waals surface area contributed by atoms with Crippen LogP contribution in [0, 0.1) is 5.41 Å². The first kappa shape index (κ1) is 12.2. The summed E-state index contributed by atoms with van der Waals surface area (Å²) in [5.74, 6) is -0.0576. The van der Waals surface area contributed by atoms with Gasteiger partial charge in [-0.05, 0) is 13.8 Å². The molecule has 16 heavy (non-hydrogen) atoms. The largest absolute Gasteiger partial charge is 0.383 e. The van der Waals surface area contributed by atoms with Crippen molar-refractivity contribution < 1.29 is 4.79 Å². The maximum atomic E-state index is 11.5. The van der Waals surface area contributed by atoms with E-state index in [9.17, 15) is 9.59 Å². The van der Waals surface area contributed by atoms with Gasteiger partial charge < -0.3 is 10.6 Å². The molecule has 3 N–H and O–H groups in total. The fraction of sp³-hybridized carbons (Fsp3) is 0.500. The molecule has 0 unspecified atom stereocenters. The summed E-state index contributed by atoms with van der Waals surface area (Å²) in [7, 11) is 1.60. The van der Waals surface area contributed by atoms with Crippen molar-refractivity contribution >= 4 is 11.6 Å². The molecule has 1 heterocycles. The number of rotatable bonds is 4. The van der Waals surface area contributed by atoms with Crippen LogP contribution in [0.4, 0.5) is 5.69 Å². The van der Waals surface area contributed by atoms with E-state index in [1.165, 1.54) is 12.3 Å². The molecular weight excluding hydrogens is 208 g/mol. The second-order valence-corrected chi connectivity index (χ2v) is 4.15. The third-order valence-corrected chi connectivity index (χ3v) is 2.24. The van der Waals surface area contributed by atoms with Crippen molar-refractivity contribution in [2.45, 2.75) is 13.8 Å². The Balaban J connectivity index is 2.64. The van der Waals surface area contributed by atoms with Gasteiger partial charge in [0.05, 0.1) is 17.3 Å². The Labute approximate surface area is 93.5 Å². The number of amides is 1. The van der Waals surface area contributed by atoms with Crippen LogP contribution >= 0.6 is 0 Å². The fourth-order valence-corrected chi connectivity index (χ4v) is 1.21. The lowest BCUT2D eigenvalue weighted by molar-refractivity contribution is -0.128. The van der Waals surface area contributed by atoms with Crippen molar-refractivity contribution in [3.05, 3.63) is 22.6 Å². The van der Waals surface area contributed by atoms with Gasteiger partial charge in [0.2, 0.25) is 5.91 Å². The lowest BCUT2D eigenvalue weighted by Gasteiger charge is -2.23. The maximum absolute atomic E-state index is 11.5. The van der Waals surface area contributed by atoms with E-state index in [0.717, 1.165) is 0 Å². The number of aromatic amines is 1. The number of H-pyrrole nitrogens is 1. The first-order valence-corrected chi connectivity index (χ1v) is 4.96. The number of hydrogen-bond donors (Lipinski definition) is 3. The summed E-state index contributed by atoms with van der Waals surface area (Å²) < 4.78 is 0. The van der Waals surface area contributed by atoms with Gasteiger partial charge in [0, 0.05) is 19.7 Å². The monoisotopic (exact) mass is 224 g/mol. The van der Waals surface area contributed by atoms with Crippen LogP contribution < -0.4 is 16.2 Å². The molecule has 1 aromatic heterocycles. The number of nitrogens with one attached hydrogen (secondary N) is 3. The number of anilines is 1. The molecule has 0 aliphatic rings. The highest BCUT2D eigenvalue weighted by Crippen LogP contribution is 2.15. The summed E-state index contributed by atoms with van der Waals surface area (Å²) in [6.07, 6.45) is 1.50. The lowest BCUT2D eigenvalue weighted by Crippen LogP contribution is -2.39. The molecule has 0 atom stereocenters. The van der Waals surface area contributed by atoms with Crippen LogP contribution in [0.25, 0.3) is 0 Å². The van der Waals surface area contributed by atoms with Crippen LogP contribution in [0.5, 0.6) is 0 Å². The lowest BCUT2D eigenvalue weighted by atomic mass is 9.92. The quantitative estimate of drug-likeness (QED) is 0.669. The van der Waals surface area contributed by atoms with Crippen LogP contribution in [-0.4, -0.2) is 29.7 Å². The molecule has 1 amide bonds. The van der Waals surface area contributed by atoms with Crippen LogP contribution in [0.15, 0.2) is 17.1 Å². The van der Waals surface area contributed by atoms with E-state index < -0.39 is 5.41 Å². The molecule has 0 fully saturated rings. The Morgan fingerprint density at radius 2 is 2.25 bits per heavy atom. The number of aromatic nitrogens is 2. The van der Waals surface area contributed by atoms with Gasteiger partial charge in [0.25, 0.3) is 5.56 Å². The van der Waals surface area contributed by atoms with Crippen LogP contribution in [0.1, 0.15) is 13.8 Å². The zero-order valence-electron chi connectivity index (χ0n) is 9.63. The van der Waals surface area contributed by atoms with Crippen molar-refractivity contribution in [2.24, 2.45) is 5.41 Å². The highest BCUT2D eigenvalue weighted by atomic mass is 16.2. The van der Waals surface area contributed by atoms with Gasteiger partial charge in [-0.2, -0.15) is 5.10 Å². The van der Waals surface area contributed by atoms with Gasteiger partial charge in [0.15, 0.2) is 0 Å². The van der Waals surface area contributed by atoms with Crippen molar-refractivity contribution in [1.82, 2.24) is 15.5 Å². The zero-order valence-corrected chi connectivity index (χ0v) is 9.63. The molecule has 1 rings (SSSR count). The minimum atomic E-state index is -0.544. The van der Waals surface area contributed by atoms with Gasteiger partial charge in [-0.3, -0.25) is 9.59 Å². The SMILES string of the molecule is CNC(=O)C(C)(C)CNc1cn[nH]c(=O)c1. The van der Waals surface area contributed by atoms with E-state index in [0.29, 0.717) is 12.2 Å². The van der Waals surface area contributed by atoms with Crippen LogP contribution in [-0.2, 0) is 4.79 Å². The molecule has 0 saturated carbocycles. The summed E-state index contributed by atoms with van der Waals surface area (Å²) in [6, 6.07) is 1.40. The number of carbonyl (C=O) groups excluding carboxylic acids is 1. The molecule has 88 valence electrons. The smallest absolute Gasteiger partial charge is 0.266 e. The molecule has 6 nitrogen and oxygen atoms in total. The first-order valence-electron chi connectivity index (χ1n) is 4.96. The van der Waals surface area contributed by atoms with Crippen LogP contribution in [0.3, 0.4) is 0 Å². The van der Waals surface area contributed by atoms with Gasteiger partial charge >= 0.3 is 0 Å². The van der Waals surface area contributed by atoms with E-state index in [1.807, 2.05) is 13.8 Å². The molecule has 0 bridgehead atoms. The average Bonchev–Trinajstić information content (AvgIpc) is 2.25. The summed E-state index contributed by atoms with van der Waals surface area (Å²) >= 11 is 0. The first-order chi connectivity index (χ1) is 7.45. The predicted molar refractivity (Wildman–Crippen MR) is 61.2 cm³/mol. The third-order valence-electron chi connectivity index (χ3n) is 2.24. The minimum Gasteiger partial charge on any atom is -0.383 e. The Morgan fingerprint density at radius 3 is 2.81 bits per heavy atom. The van der Waals surface area contributed by atoms with E-state index in [4.69, 9.17) is 0 Å². The Hall–Kier alpha value is -1.85. The minimum absolute atomic E-state index is 0.0576. The van der Waals surface area contributed by atoms with Gasteiger partial charge in [-0.25, -0.2) is 5.10 Å². The van der Waals surface area contributed by atoms with Crippen molar-refractivity contribution in [3.63, 3.8) is 0 Å². The molecule has 0 radical (unpaired) electrons. The third kappa shape index (κ3) is 3.08. The predicted octanol–water partition coefficient (Wildman–Crippen LogP) is -0.0460. The summed E-state index contributed by atoms with van der Waals surface area (Å²) in [4.78, 5) is 22.5. The van der Waals surface area contributed by atoms with Gasteiger partial charge in [0.1, 0.15) is 0 Å². The number of nitrogens with zero attached hydrogens (tertiary/aromatic N) is 1. The molecule has 0 saturated heterocycles. The molecule has 0 aromatic carbocycles. The normalized spacial score (nSPS) is 10.9. The maximum Gasteiger partial charge on any atom is 0.266 e. The average molecular weight is 224 g/mol. The number of carbonyl (C=O) groups is 1. The van der Waals surface area contributed by atoms with E-state index >= 15 is 0 Å². The second-order valence-electron chi connectivity index (χ2n) is 4.15. The van der Waals surface area contributed by atoms with Crippen molar-refractivity contribution in [2.75, 3.05) is 18.9 Å². The van der Waals surface area contributed by atoms with Gasteiger partial charge in [-0.15, -0.1) is 0 Å². The van der Waals surface area contributed by atoms with E-state index in [2.05, 4.69) is 20.8 Å². The standard InChI is InChI=1S/C10H16N4O2/c1-10(2,9(16)11-3)6-12-7-4-8(15)14-13-5-7/h4-5H,6H2,1-3H3,(H,11,16)(H2,12,14,15).